The SMILES string of the molecule is CC(Oc1ncc(-c2ccccn2)cn1)c1ccccn1. The molecule has 3 aromatic rings. The Morgan fingerprint density at radius 3 is 2.19 bits per heavy atom. The molecule has 0 saturated carbocycles. The first-order chi connectivity index (χ1) is 10.3. The van der Waals surface area contributed by atoms with Crippen molar-refractivity contribution < 1.29 is 4.74 Å². The molecule has 0 bridgehead atoms. The number of hydrogen-bond acceptors (Lipinski definition) is 5. The van der Waals surface area contributed by atoms with Crippen LogP contribution >= 0.6 is 0 Å². The largest absolute Gasteiger partial charge is 0.454 e. The lowest BCUT2D eigenvalue weighted by Crippen LogP contribution is -2.07. The molecule has 0 spiro atoms. The zero-order valence-electron chi connectivity index (χ0n) is 11.5. The quantitative estimate of drug-likeness (QED) is 0.734. The zero-order valence-corrected chi connectivity index (χ0v) is 11.5. The van der Waals surface area contributed by atoms with E-state index < -0.39 is 0 Å². The molecule has 0 amide bonds. The highest BCUT2D eigenvalue weighted by Crippen LogP contribution is 2.19. The van der Waals surface area contributed by atoms with E-state index in [2.05, 4.69) is 19.9 Å². The van der Waals surface area contributed by atoms with Gasteiger partial charge >= 0.3 is 6.01 Å². The molecule has 0 radical (unpaired) electrons. The molecular formula is C16H14N4O. The maximum Gasteiger partial charge on any atom is 0.316 e. The molecule has 0 aromatic carbocycles. The molecule has 3 aromatic heterocycles. The second kappa shape index (κ2) is 6.09. The van der Waals surface area contributed by atoms with Gasteiger partial charge in [0.15, 0.2) is 0 Å². The van der Waals surface area contributed by atoms with Gasteiger partial charge in [0.1, 0.15) is 6.10 Å². The van der Waals surface area contributed by atoms with Crippen LogP contribution in [0, 0.1) is 0 Å². The van der Waals surface area contributed by atoms with E-state index in [1.54, 1.807) is 24.8 Å². The first-order valence-electron chi connectivity index (χ1n) is 6.64. The number of pyridine rings is 2. The van der Waals surface area contributed by atoms with E-state index in [0.29, 0.717) is 6.01 Å². The van der Waals surface area contributed by atoms with Crippen molar-refractivity contribution in [3.8, 4) is 17.3 Å². The van der Waals surface area contributed by atoms with E-state index in [1.165, 1.54) is 0 Å². The van der Waals surface area contributed by atoms with Crippen molar-refractivity contribution in [2.45, 2.75) is 13.0 Å². The number of nitrogens with zero attached hydrogens (tertiary/aromatic N) is 4. The van der Waals surface area contributed by atoms with Crippen molar-refractivity contribution in [2.75, 3.05) is 0 Å². The molecule has 1 unspecified atom stereocenters. The minimum atomic E-state index is -0.202. The van der Waals surface area contributed by atoms with Crippen LogP contribution in [-0.4, -0.2) is 19.9 Å². The first kappa shape index (κ1) is 13.2. The van der Waals surface area contributed by atoms with Crippen molar-refractivity contribution in [3.63, 3.8) is 0 Å². The van der Waals surface area contributed by atoms with E-state index in [9.17, 15) is 0 Å². The van der Waals surface area contributed by atoms with E-state index in [1.807, 2.05) is 43.3 Å². The van der Waals surface area contributed by atoms with Crippen molar-refractivity contribution in [1.29, 1.82) is 0 Å². The lowest BCUT2D eigenvalue weighted by atomic mass is 10.2. The van der Waals surface area contributed by atoms with Gasteiger partial charge in [-0.05, 0) is 31.2 Å². The van der Waals surface area contributed by atoms with Crippen LogP contribution in [0.1, 0.15) is 18.7 Å². The van der Waals surface area contributed by atoms with Crippen LogP contribution in [0.15, 0.2) is 61.2 Å². The normalized spacial score (nSPS) is 11.9. The monoisotopic (exact) mass is 278 g/mol. The average molecular weight is 278 g/mol. The predicted octanol–water partition coefficient (Wildman–Crippen LogP) is 3.07. The Morgan fingerprint density at radius 2 is 1.57 bits per heavy atom. The molecular weight excluding hydrogens is 264 g/mol. The van der Waals surface area contributed by atoms with E-state index in [0.717, 1.165) is 17.0 Å². The fourth-order valence-electron chi connectivity index (χ4n) is 1.88. The van der Waals surface area contributed by atoms with Crippen LogP contribution < -0.4 is 4.74 Å². The molecule has 0 aliphatic rings. The molecule has 21 heavy (non-hydrogen) atoms. The topological polar surface area (TPSA) is 60.8 Å². The lowest BCUT2D eigenvalue weighted by Gasteiger charge is -2.12. The fourth-order valence-corrected chi connectivity index (χ4v) is 1.88. The van der Waals surface area contributed by atoms with Gasteiger partial charge in [0, 0.05) is 30.4 Å². The van der Waals surface area contributed by atoms with Crippen LogP contribution in [0.2, 0.25) is 0 Å². The highest BCUT2D eigenvalue weighted by atomic mass is 16.5. The summed E-state index contributed by atoms with van der Waals surface area (Å²) >= 11 is 0. The highest BCUT2D eigenvalue weighted by molar-refractivity contribution is 5.56. The molecule has 0 N–H and O–H groups in total. The molecule has 0 aliphatic heterocycles. The maximum absolute atomic E-state index is 5.69. The van der Waals surface area contributed by atoms with Gasteiger partial charge in [0.05, 0.1) is 11.4 Å². The summed E-state index contributed by atoms with van der Waals surface area (Å²) in [4.78, 5) is 16.9. The van der Waals surface area contributed by atoms with Crippen LogP contribution in [0.4, 0.5) is 0 Å². The van der Waals surface area contributed by atoms with E-state index in [4.69, 9.17) is 4.74 Å². The summed E-state index contributed by atoms with van der Waals surface area (Å²) in [7, 11) is 0. The summed E-state index contributed by atoms with van der Waals surface area (Å²) in [5.41, 5.74) is 2.53. The van der Waals surface area contributed by atoms with Crippen LogP contribution in [-0.2, 0) is 0 Å². The van der Waals surface area contributed by atoms with Gasteiger partial charge < -0.3 is 4.74 Å². The third-order valence-corrected chi connectivity index (χ3v) is 2.98. The summed E-state index contributed by atoms with van der Waals surface area (Å²) in [5, 5.41) is 0. The average Bonchev–Trinajstić information content (AvgIpc) is 2.57. The summed E-state index contributed by atoms with van der Waals surface area (Å²) < 4.78 is 5.69. The van der Waals surface area contributed by atoms with Gasteiger partial charge in [-0.2, -0.15) is 0 Å². The van der Waals surface area contributed by atoms with Crippen molar-refractivity contribution >= 4 is 0 Å². The minimum Gasteiger partial charge on any atom is -0.454 e. The Hall–Kier alpha value is -2.82. The Balaban J connectivity index is 1.73. The minimum absolute atomic E-state index is 0.202. The van der Waals surface area contributed by atoms with Crippen LogP contribution in [0.5, 0.6) is 6.01 Å². The molecule has 5 nitrogen and oxygen atoms in total. The lowest BCUT2D eigenvalue weighted by molar-refractivity contribution is 0.203. The Kier molecular flexibility index (Phi) is 3.82. The van der Waals surface area contributed by atoms with Gasteiger partial charge in [-0.15, -0.1) is 0 Å². The molecule has 3 rings (SSSR count). The standard InChI is InChI=1S/C16H14N4O/c1-12(14-6-2-4-8-17-14)21-16-19-10-13(11-20-16)15-7-3-5-9-18-15/h2-12H,1H3. The number of hydrogen-bond donors (Lipinski definition) is 0. The maximum atomic E-state index is 5.69. The predicted molar refractivity (Wildman–Crippen MR) is 78.5 cm³/mol. The Labute approximate surface area is 122 Å². The van der Waals surface area contributed by atoms with Gasteiger partial charge in [-0.3, -0.25) is 9.97 Å². The summed E-state index contributed by atoms with van der Waals surface area (Å²) in [6, 6.07) is 11.7. The van der Waals surface area contributed by atoms with Gasteiger partial charge in [0.25, 0.3) is 0 Å². The second-order valence-corrected chi connectivity index (χ2v) is 4.48. The molecule has 0 aliphatic carbocycles. The number of rotatable bonds is 4. The van der Waals surface area contributed by atoms with Crippen molar-refractivity contribution in [1.82, 2.24) is 19.9 Å². The van der Waals surface area contributed by atoms with Crippen molar-refractivity contribution in [2.24, 2.45) is 0 Å². The molecule has 5 heteroatoms. The van der Waals surface area contributed by atoms with Crippen LogP contribution in [0.25, 0.3) is 11.3 Å². The summed E-state index contributed by atoms with van der Waals surface area (Å²) in [6.45, 7) is 1.92. The number of ether oxygens (including phenoxy) is 1. The van der Waals surface area contributed by atoms with Gasteiger partial charge in [-0.1, -0.05) is 12.1 Å². The molecule has 1 atom stereocenters. The Bertz CT molecular complexity index is 686. The van der Waals surface area contributed by atoms with E-state index >= 15 is 0 Å². The zero-order chi connectivity index (χ0) is 14.5. The summed E-state index contributed by atoms with van der Waals surface area (Å²) in [5.74, 6) is 0. The Morgan fingerprint density at radius 1 is 0.857 bits per heavy atom. The van der Waals surface area contributed by atoms with Gasteiger partial charge in [-0.25, -0.2) is 9.97 Å². The first-order valence-corrected chi connectivity index (χ1v) is 6.64. The summed E-state index contributed by atoms with van der Waals surface area (Å²) in [6.07, 6.45) is 6.68. The molecule has 0 saturated heterocycles. The highest BCUT2D eigenvalue weighted by Gasteiger charge is 2.10. The number of aromatic nitrogens is 4. The third-order valence-electron chi connectivity index (χ3n) is 2.98. The smallest absolute Gasteiger partial charge is 0.316 e. The second-order valence-electron chi connectivity index (χ2n) is 4.48. The van der Waals surface area contributed by atoms with E-state index in [-0.39, 0.29) is 6.10 Å². The van der Waals surface area contributed by atoms with Crippen LogP contribution in [0.3, 0.4) is 0 Å². The molecule has 0 fully saturated rings. The van der Waals surface area contributed by atoms with Gasteiger partial charge in [0.2, 0.25) is 0 Å². The molecule has 3 heterocycles. The fraction of sp³-hybridized carbons (Fsp3) is 0.125. The molecule has 104 valence electrons. The third kappa shape index (κ3) is 3.20. The van der Waals surface area contributed by atoms with Crippen molar-refractivity contribution in [3.05, 3.63) is 66.9 Å².